The van der Waals surface area contributed by atoms with Crippen LogP contribution in [0, 0.1) is 0 Å². The van der Waals surface area contributed by atoms with Crippen molar-refractivity contribution in [1.29, 1.82) is 0 Å². The number of rotatable bonds is 3. The molecule has 1 fully saturated rings. The van der Waals surface area contributed by atoms with Crippen LogP contribution in [-0.4, -0.2) is 49.7 Å². The van der Waals surface area contributed by atoms with Gasteiger partial charge in [-0.15, -0.1) is 0 Å². The Morgan fingerprint density at radius 3 is 3.08 bits per heavy atom. The molecular formula is C8H13NO4. The van der Waals surface area contributed by atoms with Crippen molar-refractivity contribution in [3.63, 3.8) is 0 Å². The van der Waals surface area contributed by atoms with Gasteiger partial charge in [-0.3, -0.25) is 14.5 Å². The van der Waals surface area contributed by atoms with E-state index in [1.54, 1.807) is 0 Å². The molecule has 1 aliphatic rings. The van der Waals surface area contributed by atoms with Gasteiger partial charge in [0.05, 0.1) is 6.54 Å². The first kappa shape index (κ1) is 9.98. The third kappa shape index (κ3) is 3.89. The summed E-state index contributed by atoms with van der Waals surface area (Å²) in [5.74, 6) is -0.506. The number of esters is 2. The van der Waals surface area contributed by atoms with Gasteiger partial charge in [-0.1, -0.05) is 0 Å². The lowest BCUT2D eigenvalue weighted by Gasteiger charge is -2.24. The molecule has 0 aromatic heterocycles. The van der Waals surface area contributed by atoms with Gasteiger partial charge in [-0.25, -0.2) is 0 Å². The average molecular weight is 187 g/mol. The molecule has 74 valence electrons. The Hall–Kier alpha value is -1.10. The summed E-state index contributed by atoms with van der Waals surface area (Å²) in [5, 5.41) is 0. The molecule has 0 spiro atoms. The van der Waals surface area contributed by atoms with Crippen LogP contribution in [0.4, 0.5) is 0 Å². The SMILES string of the molecule is CC(=O)OCCN1CCOC(=O)C1. The van der Waals surface area contributed by atoms with Crippen LogP contribution < -0.4 is 0 Å². The summed E-state index contributed by atoms with van der Waals surface area (Å²) in [6.07, 6.45) is 0. The van der Waals surface area contributed by atoms with E-state index in [0.717, 1.165) is 0 Å². The standard InChI is InChI=1S/C8H13NO4/c1-7(10)12-4-2-9-3-5-13-8(11)6-9/h2-6H2,1H3. The zero-order valence-electron chi connectivity index (χ0n) is 7.62. The minimum atomic E-state index is -0.292. The van der Waals surface area contributed by atoms with Crippen molar-refractivity contribution in [1.82, 2.24) is 4.90 Å². The molecule has 0 amide bonds. The maximum Gasteiger partial charge on any atom is 0.320 e. The van der Waals surface area contributed by atoms with Gasteiger partial charge in [0.2, 0.25) is 0 Å². The van der Waals surface area contributed by atoms with E-state index < -0.39 is 0 Å². The first-order valence-electron chi connectivity index (χ1n) is 4.20. The minimum Gasteiger partial charge on any atom is -0.465 e. The summed E-state index contributed by atoms with van der Waals surface area (Å²) in [5.41, 5.74) is 0. The van der Waals surface area contributed by atoms with Crippen LogP contribution in [0.25, 0.3) is 0 Å². The maximum absolute atomic E-state index is 10.8. The molecule has 1 rings (SSSR count). The van der Waals surface area contributed by atoms with Crippen LogP contribution in [0.2, 0.25) is 0 Å². The Balaban J connectivity index is 2.13. The number of nitrogens with zero attached hydrogens (tertiary/aromatic N) is 1. The summed E-state index contributed by atoms with van der Waals surface area (Å²) < 4.78 is 9.49. The highest BCUT2D eigenvalue weighted by atomic mass is 16.5. The second-order valence-corrected chi connectivity index (χ2v) is 2.84. The Labute approximate surface area is 76.6 Å². The van der Waals surface area contributed by atoms with Crippen LogP contribution in [0.3, 0.4) is 0 Å². The molecule has 0 saturated carbocycles. The largest absolute Gasteiger partial charge is 0.465 e. The lowest BCUT2D eigenvalue weighted by molar-refractivity contribution is -0.151. The van der Waals surface area contributed by atoms with Crippen molar-refractivity contribution < 1.29 is 19.1 Å². The highest BCUT2D eigenvalue weighted by Crippen LogP contribution is 1.97. The molecule has 0 N–H and O–H groups in total. The number of morpholine rings is 1. The molecular weight excluding hydrogens is 174 g/mol. The smallest absolute Gasteiger partial charge is 0.320 e. The van der Waals surface area contributed by atoms with Crippen LogP contribution in [0.5, 0.6) is 0 Å². The molecule has 0 unspecified atom stereocenters. The number of ether oxygens (including phenoxy) is 2. The predicted molar refractivity (Wildman–Crippen MR) is 44.0 cm³/mol. The van der Waals surface area contributed by atoms with Crippen molar-refractivity contribution in [3.05, 3.63) is 0 Å². The number of cyclic esters (lactones) is 1. The summed E-state index contributed by atoms with van der Waals surface area (Å²) in [7, 11) is 0. The minimum absolute atomic E-state index is 0.214. The summed E-state index contributed by atoms with van der Waals surface area (Å²) >= 11 is 0. The monoisotopic (exact) mass is 187 g/mol. The fourth-order valence-corrected chi connectivity index (χ4v) is 1.11. The summed E-state index contributed by atoms with van der Waals surface area (Å²) in [6, 6.07) is 0. The van der Waals surface area contributed by atoms with Gasteiger partial charge in [-0.2, -0.15) is 0 Å². The number of carbonyl (C=O) groups excluding carboxylic acids is 2. The molecule has 1 aliphatic heterocycles. The Bertz CT molecular complexity index is 204. The van der Waals surface area contributed by atoms with Crippen molar-refractivity contribution in [3.8, 4) is 0 Å². The molecule has 5 nitrogen and oxygen atoms in total. The van der Waals surface area contributed by atoms with Gasteiger partial charge < -0.3 is 9.47 Å². The highest BCUT2D eigenvalue weighted by Gasteiger charge is 2.17. The highest BCUT2D eigenvalue weighted by molar-refractivity contribution is 5.72. The van der Waals surface area contributed by atoms with E-state index >= 15 is 0 Å². The molecule has 1 heterocycles. The second kappa shape index (κ2) is 4.81. The number of carbonyl (C=O) groups is 2. The molecule has 13 heavy (non-hydrogen) atoms. The van der Waals surface area contributed by atoms with Crippen molar-refractivity contribution in [2.45, 2.75) is 6.92 Å². The Kier molecular flexibility index (Phi) is 3.70. The third-order valence-electron chi connectivity index (χ3n) is 1.74. The third-order valence-corrected chi connectivity index (χ3v) is 1.74. The van der Waals surface area contributed by atoms with Gasteiger partial charge in [0.1, 0.15) is 13.2 Å². The van der Waals surface area contributed by atoms with Crippen molar-refractivity contribution >= 4 is 11.9 Å². The van der Waals surface area contributed by atoms with Crippen LogP contribution >= 0.6 is 0 Å². The number of hydrogen-bond acceptors (Lipinski definition) is 5. The lowest BCUT2D eigenvalue weighted by Crippen LogP contribution is -2.41. The zero-order chi connectivity index (χ0) is 9.68. The van der Waals surface area contributed by atoms with E-state index in [1.807, 2.05) is 4.90 Å². The molecule has 0 aliphatic carbocycles. The zero-order valence-corrected chi connectivity index (χ0v) is 7.62. The molecule has 1 saturated heterocycles. The fourth-order valence-electron chi connectivity index (χ4n) is 1.11. The van der Waals surface area contributed by atoms with Gasteiger partial charge in [0, 0.05) is 20.0 Å². The van der Waals surface area contributed by atoms with Crippen LogP contribution in [0.1, 0.15) is 6.92 Å². The molecule has 0 bridgehead atoms. The molecule has 0 aromatic carbocycles. The first-order chi connectivity index (χ1) is 6.18. The van der Waals surface area contributed by atoms with Gasteiger partial charge in [-0.05, 0) is 0 Å². The van der Waals surface area contributed by atoms with E-state index in [2.05, 4.69) is 0 Å². The van der Waals surface area contributed by atoms with Gasteiger partial charge >= 0.3 is 11.9 Å². The first-order valence-corrected chi connectivity index (χ1v) is 4.20. The molecule has 0 aromatic rings. The average Bonchev–Trinajstić information content (AvgIpc) is 2.03. The molecule has 0 radical (unpaired) electrons. The van der Waals surface area contributed by atoms with E-state index in [1.165, 1.54) is 6.92 Å². The summed E-state index contributed by atoms with van der Waals surface area (Å²) in [6.45, 7) is 3.73. The number of hydrogen-bond donors (Lipinski definition) is 0. The van der Waals surface area contributed by atoms with E-state index in [4.69, 9.17) is 9.47 Å². The van der Waals surface area contributed by atoms with E-state index in [9.17, 15) is 9.59 Å². The second-order valence-electron chi connectivity index (χ2n) is 2.84. The maximum atomic E-state index is 10.8. The molecule has 0 atom stereocenters. The van der Waals surface area contributed by atoms with E-state index in [-0.39, 0.29) is 11.9 Å². The van der Waals surface area contributed by atoms with Gasteiger partial charge in [0.15, 0.2) is 0 Å². The van der Waals surface area contributed by atoms with E-state index in [0.29, 0.717) is 32.8 Å². The lowest BCUT2D eigenvalue weighted by atomic mass is 10.4. The van der Waals surface area contributed by atoms with Crippen molar-refractivity contribution in [2.75, 3.05) is 32.8 Å². The quantitative estimate of drug-likeness (QED) is 0.553. The van der Waals surface area contributed by atoms with Crippen LogP contribution in [0.15, 0.2) is 0 Å². The van der Waals surface area contributed by atoms with Gasteiger partial charge in [0.25, 0.3) is 0 Å². The van der Waals surface area contributed by atoms with Crippen LogP contribution in [-0.2, 0) is 19.1 Å². The Morgan fingerprint density at radius 1 is 1.69 bits per heavy atom. The predicted octanol–water partition coefficient (Wildman–Crippen LogP) is -0.592. The fraction of sp³-hybridized carbons (Fsp3) is 0.750. The van der Waals surface area contributed by atoms with Crippen molar-refractivity contribution in [2.24, 2.45) is 0 Å². The molecule has 5 heteroatoms. The topological polar surface area (TPSA) is 55.8 Å². The Morgan fingerprint density at radius 2 is 2.46 bits per heavy atom. The summed E-state index contributed by atoms with van der Waals surface area (Å²) in [4.78, 5) is 23.1. The normalized spacial score (nSPS) is 18.1.